The molecule has 6 nitrogen and oxygen atoms in total. The van der Waals surface area contributed by atoms with Crippen LogP contribution in [0.1, 0.15) is 28.4 Å². The second kappa shape index (κ2) is 4.84. The van der Waals surface area contributed by atoms with Crippen LogP contribution >= 0.6 is 0 Å². The largest absolute Gasteiger partial charge is 0.507 e. The fraction of sp³-hybridized carbons (Fsp3) is 0.353. The van der Waals surface area contributed by atoms with E-state index in [0.29, 0.717) is 22.3 Å². The lowest BCUT2D eigenvalue weighted by molar-refractivity contribution is -0.0489. The molecule has 2 atom stereocenters. The molecule has 3 rings (SSSR count). The Kier molecular flexibility index (Phi) is 3.28. The molecule has 0 radical (unpaired) electrons. The summed E-state index contributed by atoms with van der Waals surface area (Å²) in [7, 11) is 1.47. The number of rotatable bonds is 1. The molecule has 2 unspecified atom stereocenters. The molecule has 0 saturated heterocycles. The van der Waals surface area contributed by atoms with Gasteiger partial charge in [0, 0.05) is 12.0 Å². The highest BCUT2D eigenvalue weighted by Gasteiger charge is 2.44. The lowest BCUT2D eigenvalue weighted by Gasteiger charge is -2.34. The van der Waals surface area contributed by atoms with Crippen LogP contribution in [0.15, 0.2) is 12.1 Å². The molecule has 1 aliphatic rings. The van der Waals surface area contributed by atoms with Gasteiger partial charge in [0.15, 0.2) is 5.78 Å². The number of aliphatic hydroxyl groups is 2. The monoisotopic (exact) mass is 318 g/mol. The van der Waals surface area contributed by atoms with Gasteiger partial charge in [-0.25, -0.2) is 0 Å². The third-order valence-corrected chi connectivity index (χ3v) is 4.51. The van der Waals surface area contributed by atoms with E-state index in [1.165, 1.54) is 14.0 Å². The quantitative estimate of drug-likeness (QED) is 0.633. The molecule has 2 aromatic carbocycles. The first-order chi connectivity index (χ1) is 10.7. The van der Waals surface area contributed by atoms with Gasteiger partial charge >= 0.3 is 0 Å². The highest BCUT2D eigenvalue weighted by atomic mass is 16.5. The van der Waals surface area contributed by atoms with E-state index in [4.69, 9.17) is 4.74 Å². The Balaban J connectivity index is 2.40. The molecule has 0 saturated carbocycles. The molecule has 1 aliphatic carbocycles. The van der Waals surface area contributed by atoms with E-state index in [1.54, 1.807) is 19.1 Å². The van der Waals surface area contributed by atoms with Crippen molar-refractivity contribution in [3.8, 4) is 17.2 Å². The molecule has 0 spiro atoms. The maximum atomic E-state index is 12.3. The Morgan fingerprint density at radius 2 is 1.91 bits per heavy atom. The van der Waals surface area contributed by atoms with Crippen molar-refractivity contribution in [2.24, 2.45) is 0 Å². The summed E-state index contributed by atoms with van der Waals surface area (Å²) in [4.78, 5) is 12.3. The Labute approximate surface area is 132 Å². The minimum atomic E-state index is -1.63. The van der Waals surface area contributed by atoms with E-state index in [9.17, 15) is 25.2 Å². The predicted octanol–water partition coefficient (Wildman–Crippen LogP) is 1.42. The van der Waals surface area contributed by atoms with Crippen LogP contribution < -0.4 is 4.74 Å². The lowest BCUT2D eigenvalue weighted by Crippen LogP contribution is -2.50. The Hall–Kier alpha value is -2.31. The standard InChI is InChI=1S/C17H18O6/c1-7-10(23-3)5-8-4-9-6-17(2,22)16(21)15(20)12(9)14(19)11(8)13(7)18/h4-5,16,18-19,21-22H,6H2,1-3H3. The molecule has 0 amide bonds. The number of benzene rings is 2. The molecular formula is C17H18O6. The summed E-state index contributed by atoms with van der Waals surface area (Å²) in [6, 6.07) is 3.26. The minimum absolute atomic E-state index is 0.00962. The molecular weight excluding hydrogens is 300 g/mol. The van der Waals surface area contributed by atoms with Crippen LogP contribution in [0.4, 0.5) is 0 Å². The van der Waals surface area contributed by atoms with Crippen molar-refractivity contribution in [2.45, 2.75) is 32.0 Å². The number of fused-ring (bicyclic) bond motifs is 2. The molecule has 0 aliphatic heterocycles. The van der Waals surface area contributed by atoms with Gasteiger partial charge < -0.3 is 25.2 Å². The molecule has 0 heterocycles. The average molecular weight is 318 g/mol. The van der Waals surface area contributed by atoms with Crippen molar-refractivity contribution in [1.82, 2.24) is 0 Å². The van der Waals surface area contributed by atoms with Crippen LogP contribution in [0, 0.1) is 6.92 Å². The Morgan fingerprint density at radius 3 is 2.52 bits per heavy atom. The molecule has 0 fully saturated rings. The predicted molar refractivity (Wildman–Crippen MR) is 83.2 cm³/mol. The van der Waals surface area contributed by atoms with Crippen molar-refractivity contribution in [3.63, 3.8) is 0 Å². The van der Waals surface area contributed by atoms with Crippen LogP contribution in [0.5, 0.6) is 17.2 Å². The van der Waals surface area contributed by atoms with Crippen LogP contribution in [0.2, 0.25) is 0 Å². The van der Waals surface area contributed by atoms with Crippen molar-refractivity contribution in [2.75, 3.05) is 7.11 Å². The molecule has 4 N–H and O–H groups in total. The lowest BCUT2D eigenvalue weighted by atomic mass is 9.77. The third kappa shape index (κ3) is 2.06. The molecule has 0 aromatic heterocycles. The van der Waals surface area contributed by atoms with Gasteiger partial charge in [-0.3, -0.25) is 4.79 Å². The number of aliphatic hydroxyl groups excluding tert-OH is 1. The van der Waals surface area contributed by atoms with Crippen molar-refractivity contribution in [1.29, 1.82) is 0 Å². The first-order valence-electron chi connectivity index (χ1n) is 7.18. The number of ketones is 1. The Morgan fingerprint density at radius 1 is 1.26 bits per heavy atom. The summed E-state index contributed by atoms with van der Waals surface area (Å²) in [5.41, 5.74) is -0.816. The molecule has 122 valence electrons. The smallest absolute Gasteiger partial charge is 0.198 e. The summed E-state index contributed by atoms with van der Waals surface area (Å²) in [5.74, 6) is -0.883. The van der Waals surface area contributed by atoms with Gasteiger partial charge in [0.05, 0.1) is 23.7 Å². The SMILES string of the molecule is COc1cc2cc3c(c(O)c2c(O)c1C)C(=O)C(O)C(C)(O)C3. The van der Waals surface area contributed by atoms with Crippen LogP contribution in [-0.2, 0) is 6.42 Å². The van der Waals surface area contributed by atoms with Gasteiger partial charge in [0.2, 0.25) is 0 Å². The van der Waals surface area contributed by atoms with Gasteiger partial charge in [-0.1, -0.05) is 0 Å². The zero-order valence-electron chi connectivity index (χ0n) is 13.0. The number of carbonyl (C=O) groups excluding carboxylic acids is 1. The number of methoxy groups -OCH3 is 1. The second-order valence-electron chi connectivity index (χ2n) is 6.21. The maximum absolute atomic E-state index is 12.3. The number of carbonyl (C=O) groups is 1. The molecule has 0 bridgehead atoms. The number of aromatic hydroxyl groups is 2. The maximum Gasteiger partial charge on any atom is 0.198 e. The van der Waals surface area contributed by atoms with Gasteiger partial charge in [-0.15, -0.1) is 0 Å². The number of phenols is 2. The number of Topliss-reactive ketones (excluding diaryl/α,β-unsaturated/α-hetero) is 1. The van der Waals surface area contributed by atoms with Gasteiger partial charge in [-0.2, -0.15) is 0 Å². The minimum Gasteiger partial charge on any atom is -0.507 e. The van der Waals surface area contributed by atoms with E-state index in [2.05, 4.69) is 0 Å². The molecule has 6 heteroatoms. The van der Waals surface area contributed by atoms with Crippen LogP contribution in [0.25, 0.3) is 10.8 Å². The Bertz CT molecular complexity index is 837. The zero-order valence-corrected chi connectivity index (χ0v) is 13.0. The fourth-order valence-electron chi connectivity index (χ4n) is 3.19. The summed E-state index contributed by atoms with van der Waals surface area (Å²) < 4.78 is 5.20. The normalized spacial score (nSPS) is 23.9. The van der Waals surface area contributed by atoms with Crippen LogP contribution in [-0.4, -0.2) is 45.0 Å². The summed E-state index contributed by atoms with van der Waals surface area (Å²) in [6.45, 7) is 3.00. The number of hydrogen-bond acceptors (Lipinski definition) is 6. The highest BCUT2D eigenvalue weighted by Crippen LogP contribution is 2.45. The third-order valence-electron chi connectivity index (χ3n) is 4.51. The van der Waals surface area contributed by atoms with E-state index >= 15 is 0 Å². The summed E-state index contributed by atoms with van der Waals surface area (Å²) in [6.07, 6.45) is -1.62. The van der Waals surface area contributed by atoms with Gasteiger partial charge in [0.25, 0.3) is 0 Å². The zero-order chi connectivity index (χ0) is 17.1. The van der Waals surface area contributed by atoms with Crippen molar-refractivity contribution < 1.29 is 30.0 Å². The topological polar surface area (TPSA) is 107 Å². The number of phenolic OH excluding ortho intramolecular Hbond substituents is 2. The van der Waals surface area contributed by atoms with E-state index in [0.717, 1.165) is 0 Å². The van der Waals surface area contributed by atoms with Gasteiger partial charge in [-0.05, 0) is 36.9 Å². The first-order valence-corrected chi connectivity index (χ1v) is 7.18. The first kappa shape index (κ1) is 15.6. The van der Waals surface area contributed by atoms with Crippen molar-refractivity contribution >= 4 is 16.6 Å². The number of ether oxygens (including phenoxy) is 1. The van der Waals surface area contributed by atoms with E-state index < -0.39 is 17.5 Å². The second-order valence-corrected chi connectivity index (χ2v) is 6.21. The van der Waals surface area contributed by atoms with E-state index in [1.807, 2.05) is 0 Å². The fourth-order valence-corrected chi connectivity index (χ4v) is 3.19. The van der Waals surface area contributed by atoms with E-state index in [-0.39, 0.29) is 28.9 Å². The van der Waals surface area contributed by atoms with Gasteiger partial charge in [0.1, 0.15) is 23.4 Å². The number of hydrogen-bond donors (Lipinski definition) is 4. The summed E-state index contributed by atoms with van der Waals surface area (Å²) >= 11 is 0. The molecule has 23 heavy (non-hydrogen) atoms. The van der Waals surface area contributed by atoms with Crippen molar-refractivity contribution in [3.05, 3.63) is 28.8 Å². The van der Waals surface area contributed by atoms with Crippen LogP contribution in [0.3, 0.4) is 0 Å². The summed E-state index contributed by atoms with van der Waals surface area (Å²) in [5, 5.41) is 41.6. The molecule has 2 aromatic rings. The highest BCUT2D eigenvalue weighted by molar-refractivity contribution is 6.11. The average Bonchev–Trinajstić information content (AvgIpc) is 2.47.